The maximum absolute atomic E-state index is 9.95. The smallest absolute Gasteiger partial charge is 0.134 e. The SMILES string of the molecule is CCCCCCCCCCCCC(C)c1cc(O)c(Cl)cc1O. The highest BCUT2D eigenvalue weighted by atomic mass is 35.5. The molecule has 0 saturated heterocycles. The van der Waals surface area contributed by atoms with Crippen LogP contribution in [0.25, 0.3) is 0 Å². The second-order valence-corrected chi connectivity index (χ2v) is 7.14. The van der Waals surface area contributed by atoms with Crippen molar-refractivity contribution < 1.29 is 10.2 Å². The molecule has 0 aliphatic carbocycles. The van der Waals surface area contributed by atoms with E-state index in [4.69, 9.17) is 11.6 Å². The fraction of sp³-hybridized carbons (Fsp3) is 0.700. The standard InChI is InChI=1S/C20H33ClO2/c1-3-4-5-6-7-8-9-10-11-12-13-16(2)17-14-20(23)18(21)15-19(17)22/h14-16,22-23H,3-13H2,1-2H3. The molecule has 1 unspecified atom stereocenters. The van der Waals surface area contributed by atoms with Gasteiger partial charge >= 0.3 is 0 Å². The lowest BCUT2D eigenvalue weighted by atomic mass is 9.93. The summed E-state index contributed by atoms with van der Waals surface area (Å²) in [4.78, 5) is 0. The summed E-state index contributed by atoms with van der Waals surface area (Å²) in [5.74, 6) is 0.481. The molecule has 1 aromatic carbocycles. The van der Waals surface area contributed by atoms with E-state index >= 15 is 0 Å². The van der Waals surface area contributed by atoms with Gasteiger partial charge in [0.25, 0.3) is 0 Å². The van der Waals surface area contributed by atoms with Crippen molar-refractivity contribution in [2.45, 2.75) is 90.4 Å². The fourth-order valence-electron chi connectivity index (χ4n) is 3.06. The van der Waals surface area contributed by atoms with E-state index in [2.05, 4.69) is 13.8 Å². The summed E-state index contributed by atoms with van der Waals surface area (Å²) in [6, 6.07) is 3.03. The highest BCUT2D eigenvalue weighted by Gasteiger charge is 2.13. The van der Waals surface area contributed by atoms with E-state index in [0.29, 0.717) is 0 Å². The van der Waals surface area contributed by atoms with E-state index in [1.165, 1.54) is 70.3 Å². The Bertz CT molecular complexity index is 446. The van der Waals surface area contributed by atoms with Crippen molar-refractivity contribution in [1.29, 1.82) is 0 Å². The van der Waals surface area contributed by atoms with Gasteiger partial charge in [-0.25, -0.2) is 0 Å². The van der Waals surface area contributed by atoms with Gasteiger partial charge in [0.15, 0.2) is 0 Å². The molecule has 1 rings (SSSR count). The van der Waals surface area contributed by atoms with Crippen LogP contribution in [0.2, 0.25) is 5.02 Å². The zero-order chi connectivity index (χ0) is 17.1. The molecule has 0 saturated carbocycles. The average Bonchev–Trinajstić information content (AvgIpc) is 2.52. The minimum absolute atomic E-state index is 0.0504. The van der Waals surface area contributed by atoms with E-state index < -0.39 is 0 Å². The first-order chi connectivity index (χ1) is 11.1. The minimum atomic E-state index is 0.0504. The second kappa shape index (κ2) is 11.6. The normalized spacial score (nSPS) is 12.5. The number of hydrogen-bond acceptors (Lipinski definition) is 2. The van der Waals surface area contributed by atoms with Crippen molar-refractivity contribution in [3.63, 3.8) is 0 Å². The predicted octanol–water partition coefficient (Wildman–Crippen LogP) is 7.17. The third-order valence-corrected chi connectivity index (χ3v) is 4.92. The van der Waals surface area contributed by atoms with E-state index in [0.717, 1.165) is 12.0 Å². The summed E-state index contributed by atoms with van der Waals surface area (Å²) in [5, 5.41) is 19.8. The lowest BCUT2D eigenvalue weighted by molar-refractivity contribution is 0.445. The molecule has 2 nitrogen and oxygen atoms in total. The molecule has 132 valence electrons. The van der Waals surface area contributed by atoms with Crippen molar-refractivity contribution in [1.82, 2.24) is 0 Å². The van der Waals surface area contributed by atoms with Crippen LogP contribution < -0.4 is 0 Å². The van der Waals surface area contributed by atoms with Gasteiger partial charge in [-0.3, -0.25) is 0 Å². The van der Waals surface area contributed by atoms with E-state index in [9.17, 15) is 10.2 Å². The van der Waals surface area contributed by atoms with Gasteiger partial charge in [0.2, 0.25) is 0 Å². The zero-order valence-corrected chi connectivity index (χ0v) is 15.5. The van der Waals surface area contributed by atoms with E-state index in [1.54, 1.807) is 6.07 Å². The van der Waals surface area contributed by atoms with Crippen LogP contribution in [0.1, 0.15) is 96.0 Å². The van der Waals surface area contributed by atoms with E-state index in [-0.39, 0.29) is 22.4 Å². The summed E-state index contributed by atoms with van der Waals surface area (Å²) >= 11 is 5.80. The summed E-state index contributed by atoms with van der Waals surface area (Å²) < 4.78 is 0. The largest absolute Gasteiger partial charge is 0.508 e. The molecule has 0 amide bonds. The van der Waals surface area contributed by atoms with Crippen LogP contribution >= 0.6 is 11.6 Å². The fourth-order valence-corrected chi connectivity index (χ4v) is 3.21. The Labute approximate surface area is 146 Å². The Morgan fingerprint density at radius 2 is 1.35 bits per heavy atom. The van der Waals surface area contributed by atoms with Gasteiger partial charge < -0.3 is 10.2 Å². The Hall–Kier alpha value is -0.890. The van der Waals surface area contributed by atoms with Crippen LogP contribution in [-0.2, 0) is 0 Å². The molecule has 1 aromatic rings. The quantitative estimate of drug-likeness (QED) is 0.313. The Balaban J connectivity index is 2.13. The highest BCUT2D eigenvalue weighted by Crippen LogP contribution is 2.36. The van der Waals surface area contributed by atoms with Gasteiger partial charge in [0, 0.05) is 11.6 Å². The molecule has 0 fully saturated rings. The molecule has 0 aromatic heterocycles. The Morgan fingerprint density at radius 1 is 0.826 bits per heavy atom. The molecule has 0 aliphatic rings. The zero-order valence-electron chi connectivity index (χ0n) is 14.8. The number of aromatic hydroxyl groups is 2. The first kappa shape index (κ1) is 20.2. The number of hydrogen-bond donors (Lipinski definition) is 2. The van der Waals surface area contributed by atoms with Crippen LogP contribution in [0.3, 0.4) is 0 Å². The third-order valence-electron chi connectivity index (χ3n) is 4.62. The maximum atomic E-state index is 9.95. The van der Waals surface area contributed by atoms with Crippen LogP contribution in [0, 0.1) is 0 Å². The molecule has 3 heteroatoms. The first-order valence-corrected chi connectivity index (χ1v) is 9.65. The van der Waals surface area contributed by atoms with Gasteiger partial charge in [-0.2, -0.15) is 0 Å². The predicted molar refractivity (Wildman–Crippen MR) is 99.7 cm³/mol. The Kier molecular flexibility index (Phi) is 10.2. The summed E-state index contributed by atoms with van der Waals surface area (Å²) in [6.45, 7) is 4.35. The Morgan fingerprint density at radius 3 is 1.91 bits per heavy atom. The lowest BCUT2D eigenvalue weighted by Crippen LogP contribution is -1.95. The summed E-state index contributed by atoms with van der Waals surface area (Å²) in [5.41, 5.74) is 0.794. The minimum Gasteiger partial charge on any atom is -0.508 e. The van der Waals surface area contributed by atoms with Crippen LogP contribution in [0.4, 0.5) is 0 Å². The summed E-state index contributed by atoms with van der Waals surface area (Å²) in [7, 11) is 0. The molecule has 0 aliphatic heterocycles. The van der Waals surface area contributed by atoms with Gasteiger partial charge in [0.1, 0.15) is 11.5 Å². The third kappa shape index (κ3) is 7.97. The molecule has 0 spiro atoms. The van der Waals surface area contributed by atoms with Gasteiger partial charge in [-0.05, 0) is 18.4 Å². The van der Waals surface area contributed by atoms with Crippen LogP contribution in [0.5, 0.6) is 11.5 Å². The van der Waals surface area contributed by atoms with Crippen molar-refractivity contribution in [2.75, 3.05) is 0 Å². The molecular weight excluding hydrogens is 308 g/mol. The molecule has 1 atom stereocenters. The number of rotatable bonds is 12. The topological polar surface area (TPSA) is 40.5 Å². The lowest BCUT2D eigenvalue weighted by Gasteiger charge is -2.14. The van der Waals surface area contributed by atoms with Crippen molar-refractivity contribution in [2.24, 2.45) is 0 Å². The monoisotopic (exact) mass is 340 g/mol. The number of phenolic OH excluding ortho intramolecular Hbond substituents is 2. The first-order valence-electron chi connectivity index (χ1n) is 9.27. The molecule has 2 N–H and O–H groups in total. The number of halogens is 1. The van der Waals surface area contributed by atoms with Crippen molar-refractivity contribution in [3.8, 4) is 11.5 Å². The molecule has 0 bridgehead atoms. The number of unbranched alkanes of at least 4 members (excludes halogenated alkanes) is 9. The molecular formula is C20H33ClO2. The number of phenols is 2. The average molecular weight is 341 g/mol. The number of benzene rings is 1. The molecule has 0 radical (unpaired) electrons. The van der Waals surface area contributed by atoms with E-state index in [1.807, 2.05) is 0 Å². The van der Waals surface area contributed by atoms with Crippen molar-refractivity contribution in [3.05, 3.63) is 22.7 Å². The van der Waals surface area contributed by atoms with Crippen molar-refractivity contribution >= 4 is 11.6 Å². The summed E-state index contributed by atoms with van der Waals surface area (Å²) in [6.07, 6.45) is 14.3. The maximum Gasteiger partial charge on any atom is 0.134 e. The van der Waals surface area contributed by atoms with Gasteiger partial charge in [-0.1, -0.05) is 89.7 Å². The highest BCUT2D eigenvalue weighted by molar-refractivity contribution is 6.32. The second-order valence-electron chi connectivity index (χ2n) is 6.73. The molecule has 23 heavy (non-hydrogen) atoms. The van der Waals surface area contributed by atoms with Gasteiger partial charge in [-0.15, -0.1) is 0 Å². The van der Waals surface area contributed by atoms with Crippen LogP contribution in [0.15, 0.2) is 12.1 Å². The van der Waals surface area contributed by atoms with Crippen LogP contribution in [-0.4, -0.2) is 10.2 Å². The van der Waals surface area contributed by atoms with Gasteiger partial charge in [0.05, 0.1) is 5.02 Å². The molecule has 0 heterocycles.